The van der Waals surface area contributed by atoms with Gasteiger partial charge in [0.05, 0.1) is 24.1 Å². The lowest BCUT2D eigenvalue weighted by Gasteiger charge is -2.48. The highest BCUT2D eigenvalue weighted by atomic mass is 16.5. The molecule has 2 fully saturated rings. The summed E-state index contributed by atoms with van der Waals surface area (Å²) in [6.07, 6.45) is 2.22. The van der Waals surface area contributed by atoms with Gasteiger partial charge in [-0.2, -0.15) is 0 Å². The lowest BCUT2D eigenvalue weighted by atomic mass is 9.78. The number of rotatable bonds is 2. The molecular formula is C19H23N3O3. The average molecular weight is 341 g/mol. The van der Waals surface area contributed by atoms with Crippen molar-refractivity contribution in [2.24, 2.45) is 12.5 Å². The van der Waals surface area contributed by atoms with E-state index in [-0.39, 0.29) is 16.8 Å². The maximum Gasteiger partial charge on any atom is 0.262 e. The molecule has 0 N–H and O–H groups in total. The van der Waals surface area contributed by atoms with Gasteiger partial charge in [0, 0.05) is 31.1 Å². The molecule has 0 amide bonds. The van der Waals surface area contributed by atoms with Crippen LogP contribution in [0.3, 0.4) is 0 Å². The highest BCUT2D eigenvalue weighted by Gasteiger charge is 2.42. The maximum absolute atomic E-state index is 12.9. The Hall–Kier alpha value is -2.21. The molecule has 1 spiro atoms. The Kier molecular flexibility index (Phi) is 3.68. The van der Waals surface area contributed by atoms with Crippen molar-refractivity contribution in [3.63, 3.8) is 0 Å². The van der Waals surface area contributed by atoms with Gasteiger partial charge in [0.1, 0.15) is 0 Å². The Labute approximate surface area is 146 Å². The molecule has 2 saturated heterocycles. The third-order valence-electron chi connectivity index (χ3n) is 5.44. The molecule has 2 aliphatic heterocycles. The number of anilines is 1. The van der Waals surface area contributed by atoms with Crippen molar-refractivity contribution in [1.82, 2.24) is 9.55 Å². The van der Waals surface area contributed by atoms with Gasteiger partial charge >= 0.3 is 0 Å². The minimum Gasteiger partial charge on any atom is -0.380 e. The van der Waals surface area contributed by atoms with E-state index in [1.54, 1.807) is 11.6 Å². The van der Waals surface area contributed by atoms with Crippen molar-refractivity contribution >= 4 is 22.6 Å². The van der Waals surface area contributed by atoms with E-state index in [1.165, 1.54) is 6.92 Å². The van der Waals surface area contributed by atoms with Crippen molar-refractivity contribution in [2.45, 2.75) is 26.7 Å². The van der Waals surface area contributed by atoms with Crippen LogP contribution in [-0.2, 0) is 11.8 Å². The Morgan fingerprint density at radius 3 is 2.72 bits per heavy atom. The van der Waals surface area contributed by atoms with Crippen LogP contribution in [0.4, 0.5) is 5.95 Å². The number of hydrogen-bond donors (Lipinski definition) is 0. The summed E-state index contributed by atoms with van der Waals surface area (Å²) in [5.74, 6) is 0.581. The topological polar surface area (TPSA) is 64.4 Å². The predicted molar refractivity (Wildman–Crippen MR) is 96.4 cm³/mol. The van der Waals surface area contributed by atoms with Gasteiger partial charge in [-0.05, 0) is 44.4 Å². The minimum atomic E-state index is -0.101. The van der Waals surface area contributed by atoms with Crippen LogP contribution in [0.25, 0.3) is 10.9 Å². The second-order valence-corrected chi connectivity index (χ2v) is 7.56. The molecule has 0 saturated carbocycles. The predicted octanol–water partition coefficient (Wildman–Crippen LogP) is 2.06. The second kappa shape index (κ2) is 5.66. The standard InChI is InChI=1S/C19H23N3O3/c1-12-7-14(13(2)23)16-15(8-12)17(24)21(3)18(20-16)22-6-4-5-19(9-22)10-25-11-19/h7-8H,4-6,9-11H2,1-3H3. The number of carbonyl (C=O) groups excluding carboxylic acids is 1. The summed E-state index contributed by atoms with van der Waals surface area (Å²) in [5.41, 5.74) is 2.03. The monoisotopic (exact) mass is 341 g/mol. The van der Waals surface area contributed by atoms with E-state index in [9.17, 15) is 9.59 Å². The van der Waals surface area contributed by atoms with Crippen LogP contribution in [0.5, 0.6) is 0 Å². The average Bonchev–Trinajstić information content (AvgIpc) is 2.56. The van der Waals surface area contributed by atoms with Crippen LogP contribution in [0, 0.1) is 12.3 Å². The fourth-order valence-corrected chi connectivity index (χ4v) is 4.06. The number of fused-ring (bicyclic) bond motifs is 1. The van der Waals surface area contributed by atoms with Gasteiger partial charge in [-0.3, -0.25) is 14.2 Å². The number of Topliss-reactive ketones (excluding diaryl/α,β-unsaturated/α-hetero) is 1. The molecule has 0 atom stereocenters. The quantitative estimate of drug-likeness (QED) is 0.783. The number of piperidine rings is 1. The number of aromatic nitrogens is 2. The normalized spacial score (nSPS) is 19.2. The van der Waals surface area contributed by atoms with E-state index in [0.29, 0.717) is 22.4 Å². The van der Waals surface area contributed by atoms with E-state index in [4.69, 9.17) is 9.72 Å². The van der Waals surface area contributed by atoms with Crippen LogP contribution in [0.2, 0.25) is 0 Å². The van der Waals surface area contributed by atoms with Crippen LogP contribution in [-0.4, -0.2) is 41.6 Å². The largest absolute Gasteiger partial charge is 0.380 e. The Morgan fingerprint density at radius 1 is 1.32 bits per heavy atom. The maximum atomic E-state index is 12.9. The molecular weight excluding hydrogens is 318 g/mol. The first-order valence-corrected chi connectivity index (χ1v) is 8.75. The molecule has 132 valence electrons. The summed E-state index contributed by atoms with van der Waals surface area (Å²) in [7, 11) is 1.76. The first-order chi connectivity index (χ1) is 11.9. The fourth-order valence-electron chi connectivity index (χ4n) is 4.06. The molecule has 2 aromatic rings. The Balaban J connectivity index is 1.88. The summed E-state index contributed by atoms with van der Waals surface area (Å²) in [6, 6.07) is 3.64. The molecule has 25 heavy (non-hydrogen) atoms. The summed E-state index contributed by atoms with van der Waals surface area (Å²) in [5, 5.41) is 0.509. The van der Waals surface area contributed by atoms with Crippen LogP contribution >= 0.6 is 0 Å². The van der Waals surface area contributed by atoms with Crippen molar-refractivity contribution in [3.05, 3.63) is 33.6 Å². The number of benzene rings is 1. The van der Waals surface area contributed by atoms with Crippen LogP contribution in [0.15, 0.2) is 16.9 Å². The van der Waals surface area contributed by atoms with Crippen molar-refractivity contribution in [3.8, 4) is 0 Å². The number of nitrogens with zero attached hydrogens (tertiary/aromatic N) is 3. The van der Waals surface area contributed by atoms with Gasteiger partial charge in [0.25, 0.3) is 5.56 Å². The molecule has 0 bridgehead atoms. The zero-order valence-electron chi connectivity index (χ0n) is 15.0. The lowest BCUT2D eigenvalue weighted by molar-refractivity contribution is -0.118. The summed E-state index contributed by atoms with van der Waals surface area (Å²) < 4.78 is 7.04. The number of aryl methyl sites for hydroxylation is 1. The molecule has 6 heteroatoms. The summed E-state index contributed by atoms with van der Waals surface area (Å²) >= 11 is 0. The smallest absolute Gasteiger partial charge is 0.262 e. The Morgan fingerprint density at radius 2 is 2.08 bits per heavy atom. The third-order valence-corrected chi connectivity index (χ3v) is 5.44. The molecule has 1 aromatic carbocycles. The van der Waals surface area contributed by atoms with Gasteiger partial charge in [-0.25, -0.2) is 4.98 Å². The molecule has 4 rings (SSSR count). The van der Waals surface area contributed by atoms with E-state index in [2.05, 4.69) is 4.90 Å². The molecule has 3 heterocycles. The zero-order chi connectivity index (χ0) is 17.8. The minimum absolute atomic E-state index is 0.0667. The number of carbonyl (C=O) groups is 1. The molecule has 1 aromatic heterocycles. The first-order valence-electron chi connectivity index (χ1n) is 8.75. The number of hydrogen-bond acceptors (Lipinski definition) is 5. The van der Waals surface area contributed by atoms with E-state index >= 15 is 0 Å². The highest BCUT2D eigenvalue weighted by Crippen LogP contribution is 2.38. The van der Waals surface area contributed by atoms with Gasteiger partial charge in [-0.1, -0.05) is 0 Å². The first kappa shape index (κ1) is 16.3. The van der Waals surface area contributed by atoms with Gasteiger partial charge in [-0.15, -0.1) is 0 Å². The van der Waals surface area contributed by atoms with Crippen molar-refractivity contribution in [1.29, 1.82) is 0 Å². The second-order valence-electron chi connectivity index (χ2n) is 7.56. The Bertz CT molecular complexity index is 928. The molecule has 6 nitrogen and oxygen atoms in total. The number of ketones is 1. The molecule has 0 unspecified atom stereocenters. The van der Waals surface area contributed by atoms with E-state index < -0.39 is 0 Å². The molecule has 0 aliphatic carbocycles. The van der Waals surface area contributed by atoms with Gasteiger partial charge < -0.3 is 9.64 Å². The van der Waals surface area contributed by atoms with Gasteiger partial charge in [0.15, 0.2) is 5.78 Å². The SMILES string of the molecule is CC(=O)c1cc(C)cc2c(=O)n(C)c(N3CCCC4(COC4)C3)nc12. The molecule has 0 radical (unpaired) electrons. The van der Waals surface area contributed by atoms with Crippen LogP contribution < -0.4 is 10.5 Å². The lowest BCUT2D eigenvalue weighted by Crippen LogP contribution is -2.55. The molecule has 2 aliphatic rings. The van der Waals surface area contributed by atoms with Gasteiger partial charge in [0.2, 0.25) is 5.95 Å². The van der Waals surface area contributed by atoms with Crippen molar-refractivity contribution in [2.75, 3.05) is 31.2 Å². The van der Waals surface area contributed by atoms with E-state index in [0.717, 1.165) is 44.7 Å². The van der Waals surface area contributed by atoms with Crippen LogP contribution in [0.1, 0.15) is 35.7 Å². The van der Waals surface area contributed by atoms with E-state index in [1.807, 2.05) is 19.1 Å². The number of ether oxygens (including phenoxy) is 1. The third kappa shape index (κ3) is 2.56. The zero-order valence-corrected chi connectivity index (χ0v) is 15.0. The highest BCUT2D eigenvalue weighted by molar-refractivity contribution is 6.05. The summed E-state index contributed by atoms with van der Waals surface area (Å²) in [6.45, 7) is 6.69. The van der Waals surface area contributed by atoms with Crippen molar-refractivity contribution < 1.29 is 9.53 Å². The fraction of sp³-hybridized carbons (Fsp3) is 0.526. The summed E-state index contributed by atoms with van der Waals surface area (Å²) in [4.78, 5) is 31.9.